The summed E-state index contributed by atoms with van der Waals surface area (Å²) in [6, 6.07) is 10.2. The van der Waals surface area contributed by atoms with Gasteiger partial charge < -0.3 is 9.84 Å². The number of nitrogens with one attached hydrogen (secondary N) is 1. The summed E-state index contributed by atoms with van der Waals surface area (Å²) in [5.74, 6) is -0.509. The number of phenolic OH excluding ortho intramolecular Hbond substituents is 1. The van der Waals surface area contributed by atoms with Gasteiger partial charge in [-0.3, -0.25) is 14.9 Å². The van der Waals surface area contributed by atoms with Crippen LogP contribution in [0.3, 0.4) is 0 Å². The van der Waals surface area contributed by atoms with E-state index in [1.54, 1.807) is 6.07 Å². The standard InChI is InChI=1S/C15H13N3O5/c1-23-11-6-7-12(14(19)8-11)15(20)17-16-9-10-4-2-3-5-13(10)18(21)22/h2-9,19H,1H3,(H,17,20)/b16-9+. The van der Waals surface area contributed by atoms with Crippen molar-refractivity contribution < 1.29 is 19.6 Å². The SMILES string of the molecule is COc1ccc(C(=O)N/N=C/c2ccccc2[N+](=O)[O-])c(O)c1. The first-order chi connectivity index (χ1) is 11.0. The molecule has 0 aliphatic rings. The van der Waals surface area contributed by atoms with Gasteiger partial charge in [0, 0.05) is 12.1 Å². The van der Waals surface area contributed by atoms with E-state index in [2.05, 4.69) is 10.5 Å². The molecule has 0 saturated heterocycles. The normalized spacial score (nSPS) is 10.5. The lowest BCUT2D eigenvalue weighted by Gasteiger charge is -2.05. The third-order valence-corrected chi connectivity index (χ3v) is 2.95. The number of ether oxygens (including phenoxy) is 1. The number of nitro benzene ring substituents is 1. The Morgan fingerprint density at radius 3 is 2.74 bits per heavy atom. The molecule has 1 amide bonds. The quantitative estimate of drug-likeness (QED) is 0.498. The van der Waals surface area contributed by atoms with Gasteiger partial charge in [-0.25, -0.2) is 5.43 Å². The van der Waals surface area contributed by atoms with Gasteiger partial charge in [0.1, 0.15) is 11.5 Å². The molecule has 0 radical (unpaired) electrons. The van der Waals surface area contributed by atoms with Crippen LogP contribution in [0.25, 0.3) is 0 Å². The monoisotopic (exact) mass is 315 g/mol. The van der Waals surface area contributed by atoms with Crippen LogP contribution in [0.5, 0.6) is 11.5 Å². The highest BCUT2D eigenvalue weighted by molar-refractivity contribution is 5.97. The number of para-hydroxylation sites is 1. The van der Waals surface area contributed by atoms with E-state index in [-0.39, 0.29) is 22.6 Å². The largest absolute Gasteiger partial charge is 0.507 e. The number of hydrogen-bond acceptors (Lipinski definition) is 6. The maximum Gasteiger partial charge on any atom is 0.278 e. The van der Waals surface area contributed by atoms with Crippen LogP contribution < -0.4 is 10.2 Å². The van der Waals surface area contributed by atoms with E-state index in [4.69, 9.17) is 4.74 Å². The van der Waals surface area contributed by atoms with Crippen LogP contribution in [-0.4, -0.2) is 29.3 Å². The van der Waals surface area contributed by atoms with Crippen molar-refractivity contribution in [2.75, 3.05) is 7.11 Å². The molecule has 0 bridgehead atoms. The summed E-state index contributed by atoms with van der Waals surface area (Å²) in [4.78, 5) is 22.2. The number of hydrazone groups is 1. The fourth-order valence-corrected chi connectivity index (χ4v) is 1.81. The number of hydrogen-bond donors (Lipinski definition) is 2. The predicted molar refractivity (Wildman–Crippen MR) is 82.8 cm³/mol. The highest BCUT2D eigenvalue weighted by Gasteiger charge is 2.12. The van der Waals surface area contributed by atoms with Crippen LogP contribution >= 0.6 is 0 Å². The summed E-state index contributed by atoms with van der Waals surface area (Å²) >= 11 is 0. The van der Waals surface area contributed by atoms with Crippen molar-refractivity contribution in [1.29, 1.82) is 0 Å². The summed E-state index contributed by atoms with van der Waals surface area (Å²) in [6.07, 6.45) is 1.16. The number of carbonyl (C=O) groups is 1. The number of aromatic hydroxyl groups is 1. The van der Waals surface area contributed by atoms with Crippen LogP contribution in [0.1, 0.15) is 15.9 Å². The molecule has 8 nitrogen and oxygen atoms in total. The molecule has 8 heteroatoms. The van der Waals surface area contributed by atoms with Gasteiger partial charge in [0.25, 0.3) is 11.6 Å². The van der Waals surface area contributed by atoms with E-state index in [9.17, 15) is 20.0 Å². The van der Waals surface area contributed by atoms with Crippen molar-refractivity contribution in [3.8, 4) is 11.5 Å². The fourth-order valence-electron chi connectivity index (χ4n) is 1.81. The molecule has 0 saturated carbocycles. The summed E-state index contributed by atoms with van der Waals surface area (Å²) in [6.45, 7) is 0. The molecule has 0 aliphatic heterocycles. The minimum atomic E-state index is -0.653. The van der Waals surface area contributed by atoms with E-state index in [0.29, 0.717) is 5.75 Å². The third-order valence-electron chi connectivity index (χ3n) is 2.95. The number of phenols is 1. The lowest BCUT2D eigenvalue weighted by Crippen LogP contribution is -2.17. The van der Waals surface area contributed by atoms with Gasteiger partial charge in [-0.2, -0.15) is 5.10 Å². The molecular formula is C15H13N3O5. The van der Waals surface area contributed by atoms with E-state index < -0.39 is 10.8 Å². The molecule has 2 aromatic carbocycles. The zero-order valence-corrected chi connectivity index (χ0v) is 12.1. The van der Waals surface area contributed by atoms with Gasteiger partial charge in [-0.1, -0.05) is 12.1 Å². The van der Waals surface area contributed by atoms with Gasteiger partial charge in [0.05, 0.1) is 29.4 Å². The number of methoxy groups -OCH3 is 1. The average molecular weight is 315 g/mol. The van der Waals surface area contributed by atoms with Crippen molar-refractivity contribution in [3.05, 3.63) is 63.7 Å². The molecule has 2 aromatic rings. The molecule has 0 atom stereocenters. The minimum Gasteiger partial charge on any atom is -0.507 e. The Bertz CT molecular complexity index is 773. The second kappa shape index (κ2) is 7.03. The van der Waals surface area contributed by atoms with Gasteiger partial charge >= 0.3 is 0 Å². The summed E-state index contributed by atoms with van der Waals surface area (Å²) in [5, 5.41) is 24.3. The summed E-state index contributed by atoms with van der Waals surface area (Å²) in [7, 11) is 1.44. The second-order valence-electron chi connectivity index (χ2n) is 4.40. The van der Waals surface area contributed by atoms with E-state index in [1.165, 1.54) is 43.5 Å². The first-order valence-corrected chi connectivity index (χ1v) is 6.46. The van der Waals surface area contributed by atoms with Gasteiger partial charge in [-0.05, 0) is 18.2 Å². The first-order valence-electron chi connectivity index (χ1n) is 6.46. The Labute approximate surface area is 131 Å². The lowest BCUT2D eigenvalue weighted by atomic mass is 10.2. The summed E-state index contributed by atoms with van der Waals surface area (Å²) < 4.78 is 4.92. The molecule has 23 heavy (non-hydrogen) atoms. The third kappa shape index (κ3) is 3.82. The molecule has 0 heterocycles. The Morgan fingerprint density at radius 1 is 1.35 bits per heavy atom. The molecule has 0 fully saturated rings. The zero-order chi connectivity index (χ0) is 16.8. The highest BCUT2D eigenvalue weighted by Crippen LogP contribution is 2.23. The molecule has 0 unspecified atom stereocenters. The predicted octanol–water partition coefficient (Wildman–Crippen LogP) is 2.07. The van der Waals surface area contributed by atoms with E-state index in [1.807, 2.05) is 0 Å². The van der Waals surface area contributed by atoms with Gasteiger partial charge in [0.2, 0.25) is 0 Å². The Balaban J connectivity index is 2.12. The van der Waals surface area contributed by atoms with Crippen molar-refractivity contribution in [1.82, 2.24) is 5.43 Å². The van der Waals surface area contributed by atoms with Gasteiger partial charge in [-0.15, -0.1) is 0 Å². The first kappa shape index (κ1) is 16.0. The molecule has 0 spiro atoms. The maximum absolute atomic E-state index is 11.9. The van der Waals surface area contributed by atoms with Gasteiger partial charge in [0.15, 0.2) is 0 Å². The number of rotatable bonds is 5. The second-order valence-corrected chi connectivity index (χ2v) is 4.40. The van der Waals surface area contributed by atoms with Crippen molar-refractivity contribution in [2.45, 2.75) is 0 Å². The number of carbonyl (C=O) groups excluding carboxylic acids is 1. The van der Waals surface area contributed by atoms with Crippen LogP contribution in [0, 0.1) is 10.1 Å². The maximum atomic E-state index is 11.9. The lowest BCUT2D eigenvalue weighted by molar-refractivity contribution is -0.385. The molecule has 0 aromatic heterocycles. The topological polar surface area (TPSA) is 114 Å². The van der Waals surface area contributed by atoms with Crippen LogP contribution in [0.15, 0.2) is 47.6 Å². The smallest absolute Gasteiger partial charge is 0.278 e. The van der Waals surface area contributed by atoms with E-state index >= 15 is 0 Å². The van der Waals surface area contributed by atoms with Crippen LogP contribution in [0.4, 0.5) is 5.69 Å². The molecular weight excluding hydrogens is 302 g/mol. The van der Waals surface area contributed by atoms with E-state index in [0.717, 1.165) is 6.21 Å². The number of amides is 1. The molecule has 118 valence electrons. The molecule has 2 rings (SSSR count). The molecule has 0 aliphatic carbocycles. The van der Waals surface area contributed by atoms with Crippen molar-refractivity contribution >= 4 is 17.8 Å². The Morgan fingerprint density at radius 2 is 2.09 bits per heavy atom. The summed E-state index contributed by atoms with van der Waals surface area (Å²) in [5.41, 5.74) is 2.32. The number of nitro groups is 1. The van der Waals surface area contributed by atoms with Crippen molar-refractivity contribution in [2.24, 2.45) is 5.10 Å². The number of nitrogens with zero attached hydrogens (tertiary/aromatic N) is 2. The Kier molecular flexibility index (Phi) is 4.88. The number of benzene rings is 2. The Hall–Kier alpha value is -3.42. The van der Waals surface area contributed by atoms with Crippen LogP contribution in [0.2, 0.25) is 0 Å². The van der Waals surface area contributed by atoms with Crippen molar-refractivity contribution in [3.63, 3.8) is 0 Å². The fraction of sp³-hybridized carbons (Fsp3) is 0.0667. The molecule has 2 N–H and O–H groups in total. The average Bonchev–Trinajstić information content (AvgIpc) is 2.54. The zero-order valence-electron chi connectivity index (χ0n) is 12.1. The van der Waals surface area contributed by atoms with Crippen LogP contribution in [-0.2, 0) is 0 Å². The highest BCUT2D eigenvalue weighted by atomic mass is 16.6. The minimum absolute atomic E-state index is 0.00510.